The van der Waals surface area contributed by atoms with Crippen molar-refractivity contribution in [1.82, 2.24) is 10.8 Å². The molecule has 2 aromatic rings. The van der Waals surface area contributed by atoms with Gasteiger partial charge >= 0.3 is 12.4 Å². The van der Waals surface area contributed by atoms with Crippen molar-refractivity contribution in [2.24, 2.45) is 0 Å². The quantitative estimate of drug-likeness (QED) is 0.387. The van der Waals surface area contributed by atoms with E-state index in [1.54, 1.807) is 29.7 Å². The Morgan fingerprint density at radius 3 is 2.06 bits per heavy atom. The minimum absolute atomic E-state index is 0.0326. The zero-order valence-corrected chi connectivity index (χ0v) is 16.8. The van der Waals surface area contributed by atoms with Gasteiger partial charge in [-0.15, -0.1) is 13.2 Å². The minimum atomic E-state index is -4.77. The van der Waals surface area contributed by atoms with E-state index in [1.165, 1.54) is 12.1 Å². The highest BCUT2D eigenvalue weighted by atomic mass is 19.4. The highest BCUT2D eigenvalue weighted by molar-refractivity contribution is 5.93. The Bertz CT molecular complexity index is 912. The zero-order valence-electron chi connectivity index (χ0n) is 16.8. The summed E-state index contributed by atoms with van der Waals surface area (Å²) < 4.78 is 46.3. The van der Waals surface area contributed by atoms with Crippen LogP contribution in [0.1, 0.15) is 36.0 Å². The van der Waals surface area contributed by atoms with Crippen LogP contribution in [0.2, 0.25) is 0 Å². The molecule has 0 unspecified atom stereocenters. The van der Waals surface area contributed by atoms with Crippen molar-refractivity contribution >= 4 is 17.6 Å². The number of amides is 3. The average molecular weight is 453 g/mol. The Labute approximate surface area is 181 Å². The summed E-state index contributed by atoms with van der Waals surface area (Å²) in [5, 5.41) is 14.1. The number of carbonyl (C=O) groups excluding carboxylic acids is 2. The van der Waals surface area contributed by atoms with Crippen LogP contribution in [-0.4, -0.2) is 35.7 Å². The lowest BCUT2D eigenvalue weighted by Crippen LogP contribution is -2.41. The number of rotatable bonds is 6. The van der Waals surface area contributed by atoms with Gasteiger partial charge in [-0.05, 0) is 74.2 Å². The zero-order chi connectivity index (χ0) is 23.1. The van der Waals surface area contributed by atoms with Crippen molar-refractivity contribution in [3.8, 4) is 11.5 Å². The van der Waals surface area contributed by atoms with Crippen LogP contribution in [0.25, 0.3) is 0 Å². The molecule has 0 bridgehead atoms. The first-order valence-electron chi connectivity index (χ1n) is 9.86. The molecule has 0 aromatic heterocycles. The van der Waals surface area contributed by atoms with Gasteiger partial charge in [0.2, 0.25) is 0 Å². The molecule has 0 saturated heterocycles. The van der Waals surface area contributed by atoms with Gasteiger partial charge in [-0.1, -0.05) is 0 Å². The van der Waals surface area contributed by atoms with Gasteiger partial charge in [-0.25, -0.2) is 10.3 Å². The van der Waals surface area contributed by atoms with Gasteiger partial charge in [0.1, 0.15) is 11.5 Å². The second kappa shape index (κ2) is 10.2. The van der Waals surface area contributed by atoms with Gasteiger partial charge in [-0.3, -0.25) is 10.0 Å². The lowest BCUT2D eigenvalue weighted by atomic mass is 9.93. The lowest BCUT2D eigenvalue weighted by molar-refractivity contribution is -0.274. The van der Waals surface area contributed by atoms with E-state index in [9.17, 15) is 22.8 Å². The molecule has 0 radical (unpaired) electrons. The third-order valence-electron chi connectivity index (χ3n) is 4.88. The fraction of sp³-hybridized carbons (Fsp3) is 0.333. The van der Waals surface area contributed by atoms with Crippen LogP contribution < -0.4 is 25.6 Å². The SMILES string of the molecule is O=C(Nc1ccc(OC(F)(F)F)cc1)NC1CCC(Oc2ccc(C(=O)NO)cc2)CC1. The number of ether oxygens (including phenoxy) is 2. The summed E-state index contributed by atoms with van der Waals surface area (Å²) in [5.41, 5.74) is 2.21. The number of carbonyl (C=O) groups is 2. The molecule has 0 aliphatic heterocycles. The largest absolute Gasteiger partial charge is 0.573 e. The third-order valence-corrected chi connectivity index (χ3v) is 4.88. The van der Waals surface area contributed by atoms with E-state index in [-0.39, 0.29) is 17.9 Å². The first-order chi connectivity index (χ1) is 15.2. The van der Waals surface area contributed by atoms with Crippen molar-refractivity contribution in [3.05, 3.63) is 54.1 Å². The van der Waals surface area contributed by atoms with Crippen LogP contribution in [-0.2, 0) is 0 Å². The number of halogens is 3. The van der Waals surface area contributed by atoms with E-state index >= 15 is 0 Å². The highest BCUT2D eigenvalue weighted by Gasteiger charge is 2.31. The molecule has 3 amide bonds. The van der Waals surface area contributed by atoms with Crippen molar-refractivity contribution in [3.63, 3.8) is 0 Å². The van der Waals surface area contributed by atoms with Crippen LogP contribution in [0.5, 0.6) is 11.5 Å². The molecule has 8 nitrogen and oxygen atoms in total. The molecule has 1 saturated carbocycles. The number of hydrogen-bond donors (Lipinski definition) is 4. The molecule has 0 atom stereocenters. The van der Waals surface area contributed by atoms with E-state index in [2.05, 4.69) is 15.4 Å². The molecule has 4 N–H and O–H groups in total. The Hall–Kier alpha value is -3.47. The Morgan fingerprint density at radius 2 is 1.50 bits per heavy atom. The van der Waals surface area contributed by atoms with Gasteiger partial charge in [0.25, 0.3) is 5.91 Å². The molecule has 1 aliphatic rings. The monoisotopic (exact) mass is 453 g/mol. The van der Waals surface area contributed by atoms with Crippen LogP contribution >= 0.6 is 0 Å². The summed E-state index contributed by atoms with van der Waals surface area (Å²) in [6.45, 7) is 0. The summed E-state index contributed by atoms with van der Waals surface area (Å²) in [5.74, 6) is -0.369. The van der Waals surface area contributed by atoms with E-state index in [0.29, 0.717) is 42.7 Å². The van der Waals surface area contributed by atoms with Crippen molar-refractivity contribution in [2.45, 2.75) is 44.2 Å². The Morgan fingerprint density at radius 1 is 0.906 bits per heavy atom. The number of nitrogens with one attached hydrogen (secondary N) is 3. The standard InChI is InChI=1S/C21H22F3N3O5/c22-21(23,24)32-18-11-5-15(6-12-18)26-20(29)25-14-3-9-17(10-4-14)31-16-7-1-13(2-8-16)19(28)27-30/h1-2,5-8,11-12,14,17,30H,3-4,9-10H2,(H,27,28)(H2,25,26,29). The van der Waals surface area contributed by atoms with Crippen molar-refractivity contribution in [2.75, 3.05) is 5.32 Å². The molecule has 0 spiro atoms. The molecule has 3 rings (SSSR count). The second-order valence-electron chi connectivity index (χ2n) is 7.23. The van der Waals surface area contributed by atoms with E-state index in [4.69, 9.17) is 9.94 Å². The number of alkyl halides is 3. The predicted molar refractivity (Wildman–Crippen MR) is 108 cm³/mol. The summed E-state index contributed by atoms with van der Waals surface area (Å²) >= 11 is 0. The molecular weight excluding hydrogens is 431 g/mol. The summed E-state index contributed by atoms with van der Waals surface area (Å²) in [4.78, 5) is 23.5. The predicted octanol–water partition coefficient (Wildman–Crippen LogP) is 4.22. The first-order valence-corrected chi connectivity index (χ1v) is 9.86. The maximum absolute atomic E-state index is 12.2. The Balaban J connectivity index is 1.40. The number of urea groups is 1. The van der Waals surface area contributed by atoms with Gasteiger partial charge in [0.15, 0.2) is 0 Å². The van der Waals surface area contributed by atoms with E-state index in [0.717, 1.165) is 12.1 Å². The topological polar surface area (TPSA) is 109 Å². The minimum Gasteiger partial charge on any atom is -0.490 e. The molecule has 11 heteroatoms. The maximum atomic E-state index is 12.2. The highest BCUT2D eigenvalue weighted by Crippen LogP contribution is 2.25. The van der Waals surface area contributed by atoms with Crippen LogP contribution in [0.15, 0.2) is 48.5 Å². The van der Waals surface area contributed by atoms with Gasteiger partial charge in [0, 0.05) is 17.3 Å². The van der Waals surface area contributed by atoms with E-state index < -0.39 is 18.3 Å². The molecule has 2 aromatic carbocycles. The summed E-state index contributed by atoms with van der Waals surface area (Å²) in [6.07, 6.45) is -1.98. The smallest absolute Gasteiger partial charge is 0.490 e. The van der Waals surface area contributed by atoms with Gasteiger partial charge in [-0.2, -0.15) is 0 Å². The van der Waals surface area contributed by atoms with Gasteiger partial charge in [0.05, 0.1) is 6.10 Å². The fourth-order valence-electron chi connectivity index (χ4n) is 3.36. The van der Waals surface area contributed by atoms with E-state index in [1.807, 2.05) is 0 Å². The molecule has 1 fully saturated rings. The molecular formula is C21H22F3N3O5. The number of anilines is 1. The van der Waals surface area contributed by atoms with Crippen LogP contribution in [0.3, 0.4) is 0 Å². The molecule has 1 aliphatic carbocycles. The maximum Gasteiger partial charge on any atom is 0.573 e. The number of benzene rings is 2. The fourth-order valence-corrected chi connectivity index (χ4v) is 3.36. The Kier molecular flexibility index (Phi) is 7.41. The van der Waals surface area contributed by atoms with Crippen LogP contribution in [0.4, 0.5) is 23.7 Å². The average Bonchev–Trinajstić information content (AvgIpc) is 2.75. The lowest BCUT2D eigenvalue weighted by Gasteiger charge is -2.29. The summed E-state index contributed by atoms with van der Waals surface area (Å²) in [7, 11) is 0. The van der Waals surface area contributed by atoms with Crippen molar-refractivity contribution in [1.29, 1.82) is 0 Å². The second-order valence-corrected chi connectivity index (χ2v) is 7.23. The summed E-state index contributed by atoms with van der Waals surface area (Å²) in [6, 6.07) is 10.8. The molecule has 0 heterocycles. The third kappa shape index (κ3) is 7.05. The number of hydrogen-bond acceptors (Lipinski definition) is 5. The van der Waals surface area contributed by atoms with Crippen molar-refractivity contribution < 1.29 is 37.4 Å². The van der Waals surface area contributed by atoms with Crippen LogP contribution in [0, 0.1) is 0 Å². The first kappa shape index (κ1) is 23.2. The molecule has 32 heavy (non-hydrogen) atoms. The normalized spacial score (nSPS) is 18.4. The molecule has 172 valence electrons. The number of hydroxylamine groups is 1. The van der Waals surface area contributed by atoms with Gasteiger partial charge < -0.3 is 20.1 Å².